The van der Waals surface area contributed by atoms with Crippen LogP contribution in [0, 0.1) is 6.57 Å². The van der Waals surface area contributed by atoms with Gasteiger partial charge in [0.05, 0.1) is 20.8 Å². The molecule has 1 N–H and O–H groups in total. The molecule has 1 aromatic rings. The zero-order chi connectivity index (χ0) is 16.7. The van der Waals surface area contributed by atoms with Crippen LogP contribution < -0.4 is 14.8 Å². The van der Waals surface area contributed by atoms with Crippen LogP contribution in [0.15, 0.2) is 18.2 Å². The summed E-state index contributed by atoms with van der Waals surface area (Å²) in [6.07, 6.45) is 2.17. The number of halogens is 1. The molecule has 0 spiro atoms. The number of likely N-dealkylation sites (tertiary alicyclic amines) is 1. The largest absolute Gasteiger partial charge is 0.497 e. The molecule has 2 rings (SSSR count). The molecule has 0 bridgehead atoms. The molecule has 0 radical (unpaired) electrons. The van der Waals surface area contributed by atoms with Crippen molar-refractivity contribution in [1.29, 1.82) is 0 Å². The van der Waals surface area contributed by atoms with E-state index < -0.39 is 0 Å². The Bertz CT molecular complexity index is 589. The van der Waals surface area contributed by atoms with Crippen molar-refractivity contribution in [2.24, 2.45) is 0 Å². The number of hydrogen-bond donors (Lipinski definition) is 1. The quantitative estimate of drug-likeness (QED) is 0.602. The van der Waals surface area contributed by atoms with Crippen LogP contribution in [0.2, 0.25) is 0 Å². The SMILES string of the molecule is Cl.[C-]#[N+][C@@H]1CCCN1C(=O)CNCCc1cc(OC)ccc1OC. The molecule has 1 fully saturated rings. The Labute approximate surface area is 149 Å². The van der Waals surface area contributed by atoms with E-state index in [1.807, 2.05) is 18.2 Å². The number of amides is 1. The lowest BCUT2D eigenvalue weighted by Crippen LogP contribution is -2.40. The van der Waals surface area contributed by atoms with Gasteiger partial charge in [-0.1, -0.05) is 0 Å². The lowest BCUT2D eigenvalue weighted by atomic mass is 10.1. The first-order valence-corrected chi connectivity index (χ1v) is 7.77. The zero-order valence-corrected chi connectivity index (χ0v) is 14.9. The summed E-state index contributed by atoms with van der Waals surface area (Å²) < 4.78 is 10.6. The van der Waals surface area contributed by atoms with Gasteiger partial charge in [0.1, 0.15) is 11.5 Å². The van der Waals surface area contributed by atoms with Crippen LogP contribution in [0.3, 0.4) is 0 Å². The average Bonchev–Trinajstić information content (AvgIpc) is 3.07. The molecule has 1 saturated heterocycles. The Balaban J connectivity index is 0.00000288. The molecular weight excluding hydrogens is 330 g/mol. The summed E-state index contributed by atoms with van der Waals surface area (Å²) in [4.78, 5) is 17.3. The highest BCUT2D eigenvalue weighted by Crippen LogP contribution is 2.24. The van der Waals surface area contributed by atoms with Crippen molar-refractivity contribution < 1.29 is 14.3 Å². The van der Waals surface area contributed by atoms with E-state index in [0.29, 0.717) is 13.1 Å². The monoisotopic (exact) mass is 353 g/mol. The molecule has 7 heteroatoms. The van der Waals surface area contributed by atoms with Crippen molar-refractivity contribution in [2.45, 2.75) is 25.4 Å². The fourth-order valence-electron chi connectivity index (χ4n) is 2.77. The number of ether oxygens (including phenoxy) is 2. The number of benzene rings is 1. The molecule has 0 unspecified atom stereocenters. The normalized spacial score (nSPS) is 16.2. The van der Waals surface area contributed by atoms with Gasteiger partial charge in [-0.05, 0) is 43.1 Å². The molecule has 1 heterocycles. The summed E-state index contributed by atoms with van der Waals surface area (Å²) >= 11 is 0. The first-order chi connectivity index (χ1) is 11.2. The minimum atomic E-state index is -0.275. The van der Waals surface area contributed by atoms with Crippen LogP contribution in [0.4, 0.5) is 0 Å². The summed E-state index contributed by atoms with van der Waals surface area (Å²) in [6.45, 7) is 8.73. The fraction of sp³-hybridized carbons (Fsp3) is 0.529. The van der Waals surface area contributed by atoms with Crippen molar-refractivity contribution in [3.63, 3.8) is 0 Å². The van der Waals surface area contributed by atoms with Gasteiger partial charge in [0.2, 0.25) is 5.91 Å². The van der Waals surface area contributed by atoms with Gasteiger partial charge in [0.15, 0.2) is 0 Å². The second kappa shape index (κ2) is 10.0. The summed E-state index contributed by atoms with van der Waals surface area (Å²) in [7, 11) is 3.27. The first kappa shape index (κ1) is 20.1. The van der Waals surface area contributed by atoms with E-state index in [4.69, 9.17) is 16.0 Å². The van der Waals surface area contributed by atoms with Gasteiger partial charge in [0.25, 0.3) is 0 Å². The Kier molecular flexibility index (Phi) is 8.37. The van der Waals surface area contributed by atoms with E-state index in [1.165, 1.54) is 0 Å². The summed E-state index contributed by atoms with van der Waals surface area (Å²) in [5.41, 5.74) is 1.03. The number of carbonyl (C=O) groups excluding carboxylic acids is 1. The van der Waals surface area contributed by atoms with E-state index in [0.717, 1.165) is 36.3 Å². The van der Waals surface area contributed by atoms with Crippen molar-refractivity contribution in [3.8, 4) is 11.5 Å². The maximum Gasteiger partial charge on any atom is 0.300 e. The highest BCUT2D eigenvalue weighted by molar-refractivity contribution is 5.85. The summed E-state index contributed by atoms with van der Waals surface area (Å²) in [5.74, 6) is 1.60. The second-order valence-electron chi connectivity index (χ2n) is 5.44. The molecule has 0 aromatic heterocycles. The Morgan fingerprint density at radius 1 is 1.42 bits per heavy atom. The molecule has 24 heavy (non-hydrogen) atoms. The van der Waals surface area contributed by atoms with Gasteiger partial charge in [-0.2, -0.15) is 0 Å². The number of rotatable bonds is 7. The first-order valence-electron chi connectivity index (χ1n) is 7.77. The fourth-order valence-corrected chi connectivity index (χ4v) is 2.77. The highest BCUT2D eigenvalue weighted by Gasteiger charge is 2.32. The van der Waals surface area contributed by atoms with Gasteiger partial charge in [-0.15, -0.1) is 12.4 Å². The molecule has 1 amide bonds. The Hall–Kier alpha value is -1.97. The number of nitrogens with one attached hydrogen (secondary N) is 1. The van der Waals surface area contributed by atoms with Gasteiger partial charge in [-0.25, -0.2) is 6.57 Å². The number of hydrogen-bond acceptors (Lipinski definition) is 4. The van der Waals surface area contributed by atoms with Crippen molar-refractivity contribution >= 4 is 18.3 Å². The van der Waals surface area contributed by atoms with Gasteiger partial charge in [0, 0.05) is 13.0 Å². The standard InChI is InChI=1S/C17H23N3O3.ClH/c1-18-16-5-4-10-20(16)17(21)12-19-9-8-13-11-14(22-2)6-7-15(13)23-3;/h6-7,11,16,19H,4-5,8-10,12H2,2-3H3;1H/t16-;/m0./s1. The van der Waals surface area contributed by atoms with E-state index in [9.17, 15) is 4.79 Å². The van der Waals surface area contributed by atoms with Gasteiger partial charge in [-0.3, -0.25) is 14.5 Å². The lowest BCUT2D eigenvalue weighted by Gasteiger charge is -2.16. The van der Waals surface area contributed by atoms with E-state index in [-0.39, 0.29) is 31.0 Å². The molecule has 1 aliphatic rings. The lowest BCUT2D eigenvalue weighted by molar-refractivity contribution is -0.130. The van der Waals surface area contributed by atoms with Crippen LogP contribution in [-0.2, 0) is 11.2 Å². The molecule has 6 nitrogen and oxygen atoms in total. The molecule has 1 aliphatic heterocycles. The molecule has 132 valence electrons. The molecular formula is C17H24ClN3O3. The van der Waals surface area contributed by atoms with Crippen molar-refractivity contribution in [3.05, 3.63) is 35.2 Å². The number of methoxy groups -OCH3 is 2. The van der Waals surface area contributed by atoms with Crippen LogP contribution in [0.5, 0.6) is 11.5 Å². The van der Waals surface area contributed by atoms with Crippen molar-refractivity contribution in [1.82, 2.24) is 10.2 Å². The van der Waals surface area contributed by atoms with Gasteiger partial charge < -0.3 is 14.8 Å². The Morgan fingerprint density at radius 3 is 2.88 bits per heavy atom. The molecule has 0 saturated carbocycles. The van der Waals surface area contributed by atoms with Crippen molar-refractivity contribution in [2.75, 3.05) is 33.9 Å². The minimum Gasteiger partial charge on any atom is -0.497 e. The summed E-state index contributed by atoms with van der Waals surface area (Å²) in [6, 6.07) is 5.68. The Morgan fingerprint density at radius 2 is 2.21 bits per heavy atom. The van der Waals surface area contributed by atoms with Crippen LogP contribution in [0.25, 0.3) is 4.85 Å². The second-order valence-corrected chi connectivity index (χ2v) is 5.44. The maximum absolute atomic E-state index is 12.1. The van der Waals surface area contributed by atoms with E-state index in [1.54, 1.807) is 19.1 Å². The predicted molar refractivity (Wildman–Crippen MR) is 94.7 cm³/mol. The third-order valence-corrected chi connectivity index (χ3v) is 4.03. The molecule has 1 aromatic carbocycles. The van der Waals surface area contributed by atoms with Gasteiger partial charge >= 0.3 is 6.17 Å². The third kappa shape index (κ3) is 5.02. The summed E-state index contributed by atoms with van der Waals surface area (Å²) in [5, 5.41) is 3.15. The predicted octanol–water partition coefficient (Wildman–Crippen LogP) is 2.13. The van der Waals surface area contributed by atoms with Crippen LogP contribution in [-0.4, -0.2) is 50.8 Å². The third-order valence-electron chi connectivity index (χ3n) is 4.03. The van der Waals surface area contributed by atoms with Crippen LogP contribution >= 0.6 is 12.4 Å². The highest BCUT2D eigenvalue weighted by atomic mass is 35.5. The zero-order valence-electron chi connectivity index (χ0n) is 14.1. The smallest absolute Gasteiger partial charge is 0.300 e. The van der Waals surface area contributed by atoms with E-state index in [2.05, 4.69) is 10.2 Å². The number of nitrogens with zero attached hydrogens (tertiary/aromatic N) is 2. The number of carbonyl (C=O) groups is 1. The van der Waals surface area contributed by atoms with Crippen LogP contribution in [0.1, 0.15) is 18.4 Å². The molecule has 1 atom stereocenters. The molecule has 0 aliphatic carbocycles. The topological polar surface area (TPSA) is 55.2 Å². The average molecular weight is 354 g/mol. The maximum atomic E-state index is 12.1. The van der Waals surface area contributed by atoms with E-state index >= 15 is 0 Å². The minimum absolute atomic E-state index is 0.